The summed E-state index contributed by atoms with van der Waals surface area (Å²) in [6, 6.07) is 5.97. The highest BCUT2D eigenvalue weighted by Crippen LogP contribution is 2.32. The van der Waals surface area contributed by atoms with Gasteiger partial charge in [-0.05, 0) is 31.9 Å². The highest BCUT2D eigenvalue weighted by Gasteiger charge is 2.20. The Labute approximate surface area is 113 Å². The van der Waals surface area contributed by atoms with Crippen LogP contribution < -0.4 is 5.73 Å². The molecule has 1 fully saturated rings. The lowest BCUT2D eigenvalue weighted by atomic mass is 9.89. The summed E-state index contributed by atoms with van der Waals surface area (Å²) in [6.45, 7) is 2.05. The van der Waals surface area contributed by atoms with Crippen molar-refractivity contribution in [2.24, 2.45) is 0 Å². The lowest BCUT2D eigenvalue weighted by Crippen LogP contribution is -2.06. The van der Waals surface area contributed by atoms with Gasteiger partial charge in [0, 0.05) is 17.2 Å². The number of aromatic amines is 1. The number of nitrogens with zero attached hydrogens (tertiary/aromatic N) is 2. The molecular formula is C15H20N4. The number of anilines is 1. The van der Waals surface area contributed by atoms with Gasteiger partial charge >= 0.3 is 0 Å². The van der Waals surface area contributed by atoms with Gasteiger partial charge in [0.05, 0.1) is 0 Å². The summed E-state index contributed by atoms with van der Waals surface area (Å²) in [5.41, 5.74) is 8.85. The lowest BCUT2D eigenvalue weighted by Gasteiger charge is -2.18. The van der Waals surface area contributed by atoms with Crippen LogP contribution in [0.3, 0.4) is 0 Å². The molecule has 3 rings (SSSR count). The third-order valence-electron chi connectivity index (χ3n) is 3.94. The van der Waals surface area contributed by atoms with Gasteiger partial charge in [0.25, 0.3) is 0 Å². The zero-order valence-corrected chi connectivity index (χ0v) is 11.3. The maximum absolute atomic E-state index is 6.02. The smallest absolute Gasteiger partial charge is 0.183 e. The average molecular weight is 256 g/mol. The van der Waals surface area contributed by atoms with Crippen LogP contribution in [-0.2, 0) is 0 Å². The van der Waals surface area contributed by atoms with E-state index in [2.05, 4.69) is 22.1 Å². The Bertz CT molecular complexity index is 567. The summed E-state index contributed by atoms with van der Waals surface area (Å²) in [7, 11) is 0. The molecule has 0 saturated heterocycles. The molecule has 1 saturated carbocycles. The van der Waals surface area contributed by atoms with E-state index in [1.807, 2.05) is 18.2 Å². The fourth-order valence-electron chi connectivity index (χ4n) is 2.82. The number of nitrogen functional groups attached to an aromatic ring is 1. The van der Waals surface area contributed by atoms with Gasteiger partial charge in [-0.25, -0.2) is 4.98 Å². The molecule has 1 aliphatic rings. The SMILES string of the molecule is Cc1ccc(N)c(-c2n[nH]c(C3CCCCC3)n2)c1. The van der Waals surface area contributed by atoms with Gasteiger partial charge in [-0.3, -0.25) is 5.10 Å². The van der Waals surface area contributed by atoms with Crippen LogP contribution in [0.15, 0.2) is 18.2 Å². The molecule has 2 aromatic rings. The second-order valence-electron chi connectivity index (χ2n) is 5.47. The molecule has 0 amide bonds. The normalized spacial score (nSPS) is 16.7. The Kier molecular flexibility index (Phi) is 3.23. The minimum absolute atomic E-state index is 0.543. The number of benzene rings is 1. The third-order valence-corrected chi connectivity index (χ3v) is 3.94. The maximum Gasteiger partial charge on any atom is 0.183 e. The Morgan fingerprint density at radius 3 is 2.79 bits per heavy atom. The summed E-state index contributed by atoms with van der Waals surface area (Å²) >= 11 is 0. The molecule has 3 N–H and O–H groups in total. The van der Waals surface area contributed by atoms with Gasteiger partial charge in [-0.2, -0.15) is 5.10 Å². The van der Waals surface area contributed by atoms with Crippen molar-refractivity contribution in [3.63, 3.8) is 0 Å². The number of aromatic nitrogens is 3. The van der Waals surface area contributed by atoms with Gasteiger partial charge in [0.1, 0.15) is 5.82 Å². The first-order chi connectivity index (χ1) is 9.24. The maximum atomic E-state index is 6.02. The van der Waals surface area contributed by atoms with E-state index in [1.165, 1.54) is 37.7 Å². The van der Waals surface area contributed by atoms with Gasteiger partial charge in [-0.1, -0.05) is 30.9 Å². The predicted molar refractivity (Wildman–Crippen MR) is 76.8 cm³/mol. The van der Waals surface area contributed by atoms with E-state index < -0.39 is 0 Å². The number of aryl methyl sites for hydroxylation is 1. The van der Waals surface area contributed by atoms with Gasteiger partial charge in [0.2, 0.25) is 0 Å². The molecule has 100 valence electrons. The summed E-state index contributed by atoms with van der Waals surface area (Å²) in [4.78, 5) is 4.66. The number of hydrogen-bond acceptors (Lipinski definition) is 3. The van der Waals surface area contributed by atoms with Crippen LogP contribution in [0.1, 0.15) is 49.4 Å². The Hall–Kier alpha value is -1.84. The molecular weight excluding hydrogens is 236 g/mol. The second kappa shape index (κ2) is 5.03. The van der Waals surface area contributed by atoms with Crippen LogP contribution in [0.25, 0.3) is 11.4 Å². The summed E-state index contributed by atoms with van der Waals surface area (Å²) in [5, 5.41) is 7.45. The first-order valence-corrected chi connectivity index (χ1v) is 7.03. The zero-order valence-electron chi connectivity index (χ0n) is 11.3. The van der Waals surface area contributed by atoms with Crippen molar-refractivity contribution >= 4 is 5.69 Å². The molecule has 0 spiro atoms. The molecule has 0 radical (unpaired) electrons. The van der Waals surface area contributed by atoms with Crippen LogP contribution >= 0.6 is 0 Å². The van der Waals surface area contributed by atoms with E-state index >= 15 is 0 Å². The Balaban J connectivity index is 1.89. The van der Waals surface area contributed by atoms with Crippen molar-refractivity contribution in [1.82, 2.24) is 15.2 Å². The van der Waals surface area contributed by atoms with Crippen LogP contribution in [0.4, 0.5) is 5.69 Å². The van der Waals surface area contributed by atoms with Crippen LogP contribution in [0.2, 0.25) is 0 Å². The fourth-order valence-corrected chi connectivity index (χ4v) is 2.82. The number of rotatable bonds is 2. The van der Waals surface area contributed by atoms with E-state index in [0.29, 0.717) is 5.92 Å². The number of nitrogens with one attached hydrogen (secondary N) is 1. The minimum atomic E-state index is 0.543. The minimum Gasteiger partial charge on any atom is -0.398 e. The molecule has 1 aromatic carbocycles. The zero-order chi connectivity index (χ0) is 13.2. The van der Waals surface area contributed by atoms with Crippen molar-refractivity contribution in [3.05, 3.63) is 29.6 Å². The monoisotopic (exact) mass is 256 g/mol. The largest absolute Gasteiger partial charge is 0.398 e. The van der Waals surface area contributed by atoms with Crippen molar-refractivity contribution < 1.29 is 0 Å². The summed E-state index contributed by atoms with van der Waals surface area (Å²) < 4.78 is 0. The van der Waals surface area contributed by atoms with Crippen LogP contribution in [0.5, 0.6) is 0 Å². The highest BCUT2D eigenvalue weighted by atomic mass is 15.2. The van der Waals surface area contributed by atoms with Crippen LogP contribution in [-0.4, -0.2) is 15.2 Å². The fraction of sp³-hybridized carbons (Fsp3) is 0.467. The lowest BCUT2D eigenvalue weighted by molar-refractivity contribution is 0.429. The molecule has 0 unspecified atom stereocenters. The predicted octanol–water partition coefficient (Wildman–Crippen LogP) is 3.41. The van der Waals surface area contributed by atoms with E-state index in [9.17, 15) is 0 Å². The average Bonchev–Trinajstić information content (AvgIpc) is 2.92. The Morgan fingerprint density at radius 2 is 2.00 bits per heavy atom. The second-order valence-corrected chi connectivity index (χ2v) is 5.47. The van der Waals surface area contributed by atoms with Crippen molar-refractivity contribution in [1.29, 1.82) is 0 Å². The van der Waals surface area contributed by atoms with Gasteiger partial charge < -0.3 is 5.73 Å². The number of nitrogens with two attached hydrogens (primary N) is 1. The van der Waals surface area contributed by atoms with Crippen molar-refractivity contribution in [2.45, 2.75) is 44.9 Å². The van der Waals surface area contributed by atoms with E-state index in [0.717, 1.165) is 22.9 Å². The van der Waals surface area contributed by atoms with Crippen molar-refractivity contribution in [2.75, 3.05) is 5.73 Å². The molecule has 1 heterocycles. The topological polar surface area (TPSA) is 67.6 Å². The van der Waals surface area contributed by atoms with Crippen LogP contribution in [0, 0.1) is 6.92 Å². The van der Waals surface area contributed by atoms with E-state index in [-0.39, 0.29) is 0 Å². The quantitative estimate of drug-likeness (QED) is 0.809. The molecule has 4 nitrogen and oxygen atoms in total. The molecule has 1 aliphatic carbocycles. The molecule has 0 aliphatic heterocycles. The standard InChI is InChI=1S/C15H20N4/c1-10-7-8-13(16)12(9-10)15-17-14(18-19-15)11-5-3-2-4-6-11/h7-9,11H,2-6,16H2,1H3,(H,17,18,19). The molecule has 0 bridgehead atoms. The molecule has 19 heavy (non-hydrogen) atoms. The molecule has 4 heteroatoms. The van der Waals surface area contributed by atoms with E-state index in [4.69, 9.17) is 5.73 Å². The highest BCUT2D eigenvalue weighted by molar-refractivity contribution is 5.71. The van der Waals surface area contributed by atoms with Crippen molar-refractivity contribution in [3.8, 4) is 11.4 Å². The van der Waals surface area contributed by atoms with Gasteiger partial charge in [-0.15, -0.1) is 0 Å². The third kappa shape index (κ3) is 2.48. The molecule has 1 aromatic heterocycles. The Morgan fingerprint density at radius 1 is 1.21 bits per heavy atom. The molecule has 0 atom stereocenters. The van der Waals surface area contributed by atoms with Gasteiger partial charge in [0.15, 0.2) is 5.82 Å². The first-order valence-electron chi connectivity index (χ1n) is 7.03. The summed E-state index contributed by atoms with van der Waals surface area (Å²) in [5.74, 6) is 2.29. The number of H-pyrrole nitrogens is 1. The first kappa shape index (κ1) is 12.2. The summed E-state index contributed by atoms with van der Waals surface area (Å²) in [6.07, 6.45) is 6.39. The number of hydrogen-bond donors (Lipinski definition) is 2. The van der Waals surface area contributed by atoms with E-state index in [1.54, 1.807) is 0 Å².